The summed E-state index contributed by atoms with van der Waals surface area (Å²) in [7, 11) is 0. The monoisotopic (exact) mass is 501 g/mol. The van der Waals surface area contributed by atoms with Gasteiger partial charge >= 0.3 is 0 Å². The second-order valence-electron chi connectivity index (χ2n) is 8.09. The number of halogens is 1. The Bertz CT molecular complexity index is 1010. The fourth-order valence-electron chi connectivity index (χ4n) is 3.64. The number of hydrogen-bond acceptors (Lipinski definition) is 5. The van der Waals surface area contributed by atoms with Gasteiger partial charge in [-0.1, -0.05) is 68.1 Å². The molecule has 2 aromatic carbocycles. The van der Waals surface area contributed by atoms with Crippen molar-refractivity contribution < 1.29 is 14.3 Å². The molecule has 0 radical (unpaired) electrons. The highest BCUT2D eigenvalue weighted by molar-refractivity contribution is 8.15. The van der Waals surface area contributed by atoms with E-state index in [1.807, 2.05) is 31.2 Å². The smallest absolute Gasteiger partial charge is 0.238 e. The molecule has 1 N–H and O–H groups in total. The standard InChI is InChI=1S/C26H32ClN3O3S/c1-3-5-6-7-8-15-30-24(31)18-23(34-26(30)29-20-12-9-11-19(27)16-20)25(32)28-21-13-10-14-22(17-21)33-4-2/h9-14,16-17,23H,3-8,15,18H2,1-2H3,(H,28,32). The molecule has 2 aromatic rings. The molecule has 1 unspecified atom stereocenters. The van der Waals surface area contributed by atoms with Crippen molar-refractivity contribution in [1.29, 1.82) is 0 Å². The molecule has 0 aliphatic carbocycles. The molecule has 0 spiro atoms. The molecule has 1 aliphatic heterocycles. The SMILES string of the molecule is CCCCCCCN1C(=O)CC(C(=O)Nc2cccc(OCC)c2)SC1=Nc1cccc(Cl)c1. The summed E-state index contributed by atoms with van der Waals surface area (Å²) in [5.74, 6) is 0.372. The molecule has 182 valence electrons. The number of thioether (sulfide) groups is 1. The van der Waals surface area contributed by atoms with E-state index in [2.05, 4.69) is 12.2 Å². The van der Waals surface area contributed by atoms with Gasteiger partial charge in [0.25, 0.3) is 0 Å². The Morgan fingerprint density at radius 3 is 2.71 bits per heavy atom. The first-order chi connectivity index (χ1) is 16.5. The van der Waals surface area contributed by atoms with Gasteiger partial charge in [0.05, 0.1) is 12.3 Å². The van der Waals surface area contributed by atoms with Crippen molar-refractivity contribution in [2.45, 2.75) is 57.6 Å². The molecule has 34 heavy (non-hydrogen) atoms. The van der Waals surface area contributed by atoms with Crippen LogP contribution in [0.3, 0.4) is 0 Å². The van der Waals surface area contributed by atoms with Crippen molar-refractivity contribution in [3.63, 3.8) is 0 Å². The number of amidine groups is 1. The number of carbonyl (C=O) groups is 2. The predicted molar refractivity (Wildman–Crippen MR) is 141 cm³/mol. The zero-order valence-corrected chi connectivity index (χ0v) is 21.3. The van der Waals surface area contributed by atoms with Crippen LogP contribution in [-0.2, 0) is 9.59 Å². The summed E-state index contributed by atoms with van der Waals surface area (Å²) in [5.41, 5.74) is 1.29. The topological polar surface area (TPSA) is 71.0 Å². The molecule has 1 aliphatic rings. The minimum atomic E-state index is -0.572. The van der Waals surface area contributed by atoms with Crippen molar-refractivity contribution in [1.82, 2.24) is 4.90 Å². The highest BCUT2D eigenvalue weighted by atomic mass is 35.5. The summed E-state index contributed by atoms with van der Waals surface area (Å²) >= 11 is 7.46. The first-order valence-electron chi connectivity index (χ1n) is 11.8. The average Bonchev–Trinajstić information content (AvgIpc) is 2.80. The normalized spacial score (nSPS) is 17.1. The summed E-state index contributed by atoms with van der Waals surface area (Å²) in [5, 5.41) is 3.46. The second kappa shape index (κ2) is 13.4. The van der Waals surface area contributed by atoms with Crippen LogP contribution in [0.25, 0.3) is 0 Å². The van der Waals surface area contributed by atoms with Crippen LogP contribution in [0, 0.1) is 0 Å². The van der Waals surface area contributed by atoms with E-state index >= 15 is 0 Å². The fourth-order valence-corrected chi connectivity index (χ4v) is 4.95. The lowest BCUT2D eigenvalue weighted by atomic mass is 10.1. The Morgan fingerprint density at radius 2 is 1.94 bits per heavy atom. The summed E-state index contributed by atoms with van der Waals surface area (Å²) in [6, 6.07) is 14.4. The van der Waals surface area contributed by atoms with E-state index in [1.54, 1.807) is 29.2 Å². The molecule has 8 heteroatoms. The first-order valence-corrected chi connectivity index (χ1v) is 13.1. The number of anilines is 1. The van der Waals surface area contributed by atoms with Crippen molar-refractivity contribution in [2.75, 3.05) is 18.5 Å². The Kier molecular flexibility index (Phi) is 10.3. The Hall–Kier alpha value is -2.51. The molecule has 3 rings (SSSR count). The zero-order valence-electron chi connectivity index (χ0n) is 19.8. The van der Waals surface area contributed by atoms with Gasteiger partial charge in [-0.2, -0.15) is 0 Å². The zero-order chi connectivity index (χ0) is 24.3. The highest BCUT2D eigenvalue weighted by Crippen LogP contribution is 2.31. The van der Waals surface area contributed by atoms with Gasteiger partial charge in [0.1, 0.15) is 11.0 Å². The quantitative estimate of drug-likeness (QED) is 0.349. The third kappa shape index (κ3) is 7.77. The molecular weight excluding hydrogens is 470 g/mol. The van der Waals surface area contributed by atoms with Crippen molar-refractivity contribution in [2.24, 2.45) is 4.99 Å². The molecule has 0 bridgehead atoms. The lowest BCUT2D eigenvalue weighted by molar-refractivity contribution is -0.129. The van der Waals surface area contributed by atoms with E-state index in [-0.39, 0.29) is 18.2 Å². The van der Waals surface area contributed by atoms with Gasteiger partial charge in [-0.3, -0.25) is 14.5 Å². The van der Waals surface area contributed by atoms with Crippen LogP contribution >= 0.6 is 23.4 Å². The third-order valence-corrected chi connectivity index (χ3v) is 6.79. The minimum absolute atomic E-state index is 0.0850. The largest absolute Gasteiger partial charge is 0.494 e. The van der Waals surface area contributed by atoms with Gasteiger partial charge in [-0.15, -0.1) is 0 Å². The van der Waals surface area contributed by atoms with Crippen LogP contribution in [0.4, 0.5) is 11.4 Å². The molecule has 6 nitrogen and oxygen atoms in total. The highest BCUT2D eigenvalue weighted by Gasteiger charge is 2.35. The van der Waals surface area contributed by atoms with Crippen LogP contribution < -0.4 is 10.1 Å². The lowest BCUT2D eigenvalue weighted by Crippen LogP contribution is -2.45. The maximum Gasteiger partial charge on any atom is 0.238 e. The molecule has 0 saturated carbocycles. The number of nitrogens with one attached hydrogen (secondary N) is 1. The number of carbonyl (C=O) groups excluding carboxylic acids is 2. The van der Waals surface area contributed by atoms with E-state index in [0.717, 1.165) is 19.3 Å². The van der Waals surface area contributed by atoms with Gasteiger partial charge in [-0.25, -0.2) is 4.99 Å². The number of hydrogen-bond donors (Lipinski definition) is 1. The predicted octanol–water partition coefficient (Wildman–Crippen LogP) is 6.67. The first kappa shape index (κ1) is 26.1. The van der Waals surface area contributed by atoms with Crippen molar-refractivity contribution in [3.8, 4) is 5.75 Å². The summed E-state index contributed by atoms with van der Waals surface area (Å²) < 4.78 is 5.51. The molecule has 2 amide bonds. The van der Waals surface area contributed by atoms with Crippen LogP contribution in [0.2, 0.25) is 5.02 Å². The van der Waals surface area contributed by atoms with Gasteiger partial charge in [-0.05, 0) is 43.7 Å². The van der Waals surface area contributed by atoms with Crippen LogP contribution in [0.5, 0.6) is 5.75 Å². The molecule has 1 heterocycles. The summed E-state index contributed by atoms with van der Waals surface area (Å²) in [6.07, 6.45) is 5.61. The van der Waals surface area contributed by atoms with E-state index in [9.17, 15) is 9.59 Å². The lowest BCUT2D eigenvalue weighted by Gasteiger charge is -2.32. The average molecular weight is 502 g/mol. The maximum absolute atomic E-state index is 13.1. The molecule has 1 fully saturated rings. The van der Waals surface area contributed by atoms with Crippen molar-refractivity contribution >= 4 is 51.7 Å². The summed E-state index contributed by atoms with van der Waals surface area (Å²) in [4.78, 5) is 32.6. The fraction of sp³-hybridized carbons (Fsp3) is 0.423. The summed E-state index contributed by atoms with van der Waals surface area (Å²) in [6.45, 7) is 5.23. The molecule has 1 atom stereocenters. The number of amides is 2. The Balaban J connectivity index is 1.75. The van der Waals surface area contributed by atoms with Gasteiger partial charge < -0.3 is 10.1 Å². The number of unbranched alkanes of at least 4 members (excludes halogenated alkanes) is 4. The number of ether oxygens (including phenoxy) is 1. The third-order valence-electron chi connectivity index (χ3n) is 5.36. The van der Waals surface area contributed by atoms with Crippen LogP contribution in [0.15, 0.2) is 53.5 Å². The Labute approximate surface area is 211 Å². The van der Waals surface area contributed by atoms with Gasteiger partial charge in [0.2, 0.25) is 11.8 Å². The van der Waals surface area contributed by atoms with Gasteiger partial charge in [0, 0.05) is 29.7 Å². The van der Waals surface area contributed by atoms with E-state index in [0.29, 0.717) is 40.5 Å². The molecule has 0 aromatic heterocycles. The molecule has 1 saturated heterocycles. The number of rotatable bonds is 11. The number of nitrogens with zero attached hydrogens (tertiary/aromatic N) is 2. The minimum Gasteiger partial charge on any atom is -0.494 e. The maximum atomic E-state index is 13.1. The van der Waals surface area contributed by atoms with Crippen LogP contribution in [-0.4, -0.2) is 40.3 Å². The van der Waals surface area contributed by atoms with E-state index in [4.69, 9.17) is 21.3 Å². The molecular formula is C26H32ClN3O3S. The van der Waals surface area contributed by atoms with E-state index in [1.165, 1.54) is 24.6 Å². The Morgan fingerprint density at radius 1 is 1.15 bits per heavy atom. The number of aliphatic imine (C=N–C) groups is 1. The van der Waals surface area contributed by atoms with E-state index < -0.39 is 5.25 Å². The number of benzene rings is 2. The second-order valence-corrected chi connectivity index (χ2v) is 9.70. The van der Waals surface area contributed by atoms with Crippen LogP contribution in [0.1, 0.15) is 52.4 Å². The van der Waals surface area contributed by atoms with Gasteiger partial charge in [0.15, 0.2) is 5.17 Å². The van der Waals surface area contributed by atoms with Crippen molar-refractivity contribution in [3.05, 3.63) is 53.6 Å².